The number of hydrogen-bond donors (Lipinski definition) is 0. The predicted octanol–water partition coefficient (Wildman–Crippen LogP) is 2.31. The van der Waals surface area contributed by atoms with Crippen molar-refractivity contribution >= 4 is 5.91 Å². The van der Waals surface area contributed by atoms with Gasteiger partial charge in [0.15, 0.2) is 0 Å². The Balaban J connectivity index is 1.43. The van der Waals surface area contributed by atoms with Crippen LogP contribution in [-0.2, 0) is 11.3 Å². The van der Waals surface area contributed by atoms with Gasteiger partial charge in [0.05, 0.1) is 12.6 Å². The molecular weight excluding hydrogens is 316 g/mol. The molecule has 1 saturated heterocycles. The number of amides is 1. The number of carbonyl (C=O) groups is 1. The fourth-order valence-corrected chi connectivity index (χ4v) is 4.02. The average Bonchev–Trinajstić information content (AvgIpc) is 3.33. The van der Waals surface area contributed by atoms with Crippen molar-refractivity contribution < 1.29 is 4.79 Å². The van der Waals surface area contributed by atoms with Gasteiger partial charge < -0.3 is 4.90 Å². The van der Waals surface area contributed by atoms with E-state index in [-0.39, 0.29) is 12.0 Å². The summed E-state index contributed by atoms with van der Waals surface area (Å²) in [7, 11) is 0. The molecule has 0 spiro atoms. The van der Waals surface area contributed by atoms with Crippen LogP contribution in [0.3, 0.4) is 0 Å². The molecule has 0 unspecified atom stereocenters. The van der Waals surface area contributed by atoms with E-state index in [1.54, 1.807) is 17.2 Å². The molecule has 1 amide bonds. The van der Waals surface area contributed by atoms with Crippen LogP contribution in [0.25, 0.3) is 11.4 Å². The predicted molar refractivity (Wildman–Crippen MR) is 92.4 cm³/mol. The monoisotopic (exact) mass is 340 g/mol. The third-order valence-corrected chi connectivity index (χ3v) is 5.36. The fraction of sp³-hybridized carbons (Fsp3) is 0.611. The van der Waals surface area contributed by atoms with E-state index in [0.29, 0.717) is 18.3 Å². The molecule has 132 valence electrons. The number of likely N-dealkylation sites (tertiary alicyclic amines) is 1. The number of tetrazole rings is 1. The Morgan fingerprint density at radius 2 is 2.04 bits per heavy atom. The third-order valence-electron chi connectivity index (χ3n) is 5.36. The van der Waals surface area contributed by atoms with Crippen molar-refractivity contribution in [3.8, 4) is 11.4 Å². The van der Waals surface area contributed by atoms with Gasteiger partial charge in [0, 0.05) is 30.4 Å². The van der Waals surface area contributed by atoms with Crippen LogP contribution in [0, 0.1) is 5.92 Å². The zero-order valence-electron chi connectivity index (χ0n) is 14.4. The summed E-state index contributed by atoms with van der Waals surface area (Å²) in [5.74, 6) is 1.15. The minimum absolute atomic E-state index is 0.186. The lowest BCUT2D eigenvalue weighted by Gasteiger charge is -2.30. The summed E-state index contributed by atoms with van der Waals surface area (Å²) in [5, 5.41) is 12.8. The first kappa shape index (κ1) is 16.2. The molecule has 3 heterocycles. The molecule has 1 saturated carbocycles. The van der Waals surface area contributed by atoms with Crippen LogP contribution in [0.4, 0.5) is 0 Å². The highest BCUT2D eigenvalue weighted by molar-refractivity contribution is 5.79. The number of hydrogen-bond acceptors (Lipinski definition) is 5. The summed E-state index contributed by atoms with van der Waals surface area (Å²) in [6.07, 6.45) is 11.3. The van der Waals surface area contributed by atoms with Crippen LogP contribution in [0.15, 0.2) is 24.5 Å². The number of nitrogens with zero attached hydrogens (tertiary/aromatic N) is 6. The third kappa shape index (κ3) is 3.55. The van der Waals surface area contributed by atoms with Crippen molar-refractivity contribution in [2.24, 2.45) is 5.92 Å². The van der Waals surface area contributed by atoms with E-state index in [1.807, 2.05) is 12.1 Å². The van der Waals surface area contributed by atoms with Gasteiger partial charge in [-0.25, -0.2) is 0 Å². The summed E-state index contributed by atoms with van der Waals surface area (Å²) in [4.78, 5) is 20.7. The lowest BCUT2D eigenvalue weighted by molar-refractivity contribution is -0.137. The van der Waals surface area contributed by atoms with Crippen molar-refractivity contribution in [1.82, 2.24) is 30.1 Å². The maximum absolute atomic E-state index is 12.9. The molecule has 1 atom stereocenters. The molecule has 4 rings (SSSR count). The Morgan fingerprint density at radius 1 is 1.16 bits per heavy atom. The molecule has 1 aliphatic heterocycles. The molecular formula is C18H24N6O. The van der Waals surface area contributed by atoms with Crippen molar-refractivity contribution in [1.29, 1.82) is 0 Å². The van der Waals surface area contributed by atoms with Crippen molar-refractivity contribution in [2.75, 3.05) is 6.54 Å². The van der Waals surface area contributed by atoms with Gasteiger partial charge in [0.1, 0.15) is 0 Å². The molecule has 7 heteroatoms. The molecule has 1 aliphatic carbocycles. The van der Waals surface area contributed by atoms with Crippen molar-refractivity contribution in [3.63, 3.8) is 0 Å². The molecule has 2 fully saturated rings. The maximum atomic E-state index is 12.9. The van der Waals surface area contributed by atoms with Gasteiger partial charge in [0.2, 0.25) is 11.7 Å². The lowest BCUT2D eigenvalue weighted by Crippen LogP contribution is -2.42. The quantitative estimate of drug-likeness (QED) is 0.853. The van der Waals surface area contributed by atoms with Gasteiger partial charge in [-0.2, -0.15) is 4.80 Å². The van der Waals surface area contributed by atoms with E-state index < -0.39 is 0 Å². The van der Waals surface area contributed by atoms with E-state index in [9.17, 15) is 4.79 Å². The van der Waals surface area contributed by atoms with E-state index in [4.69, 9.17) is 0 Å². The van der Waals surface area contributed by atoms with E-state index >= 15 is 0 Å². The molecule has 0 N–H and O–H groups in total. The Bertz CT molecular complexity index is 709. The van der Waals surface area contributed by atoms with Gasteiger partial charge in [-0.05, 0) is 43.0 Å². The van der Waals surface area contributed by atoms with Crippen molar-refractivity contribution in [2.45, 2.75) is 57.5 Å². The Morgan fingerprint density at radius 3 is 2.84 bits per heavy atom. The van der Waals surface area contributed by atoms with Crippen molar-refractivity contribution in [3.05, 3.63) is 24.5 Å². The van der Waals surface area contributed by atoms with Crippen LogP contribution >= 0.6 is 0 Å². The largest absolute Gasteiger partial charge is 0.338 e. The fourth-order valence-electron chi connectivity index (χ4n) is 4.02. The standard InChI is InChI=1S/C18H24N6O/c25-18(14-6-2-1-3-7-14)23-11-5-9-16(23)13-24-21-17(20-22-24)15-8-4-10-19-12-15/h4,8,10,12,14,16H,1-3,5-7,9,11,13H2/t16-/m1/s1. The molecule has 2 aliphatic rings. The average molecular weight is 340 g/mol. The summed E-state index contributed by atoms with van der Waals surface area (Å²) < 4.78 is 0. The highest BCUT2D eigenvalue weighted by Crippen LogP contribution is 2.29. The second-order valence-electron chi connectivity index (χ2n) is 7.07. The van der Waals surface area contributed by atoms with Gasteiger partial charge in [-0.3, -0.25) is 9.78 Å². The van der Waals surface area contributed by atoms with Crippen LogP contribution in [0.2, 0.25) is 0 Å². The minimum Gasteiger partial charge on any atom is -0.338 e. The normalized spacial score (nSPS) is 21.6. The highest BCUT2D eigenvalue weighted by atomic mass is 16.2. The summed E-state index contributed by atoms with van der Waals surface area (Å²) in [5.41, 5.74) is 0.857. The molecule has 7 nitrogen and oxygen atoms in total. The maximum Gasteiger partial charge on any atom is 0.225 e. The Hall–Kier alpha value is -2.31. The number of carbonyl (C=O) groups excluding carboxylic acids is 1. The first-order chi connectivity index (χ1) is 12.3. The van der Waals surface area contributed by atoms with E-state index in [0.717, 1.165) is 37.8 Å². The molecule has 0 aromatic carbocycles. The molecule has 2 aromatic heterocycles. The smallest absolute Gasteiger partial charge is 0.225 e. The summed E-state index contributed by atoms with van der Waals surface area (Å²) >= 11 is 0. The van der Waals surface area contributed by atoms with Gasteiger partial charge in [-0.1, -0.05) is 19.3 Å². The Labute approximate surface area is 147 Å². The highest BCUT2D eigenvalue weighted by Gasteiger charge is 2.34. The number of aromatic nitrogens is 5. The lowest BCUT2D eigenvalue weighted by atomic mass is 9.88. The van der Waals surface area contributed by atoms with Crippen LogP contribution in [0.5, 0.6) is 0 Å². The van der Waals surface area contributed by atoms with Gasteiger partial charge >= 0.3 is 0 Å². The molecule has 2 aromatic rings. The summed E-state index contributed by atoms with van der Waals surface area (Å²) in [6, 6.07) is 3.96. The van der Waals surface area contributed by atoms with Crippen LogP contribution in [0.1, 0.15) is 44.9 Å². The van der Waals surface area contributed by atoms with Gasteiger partial charge in [0.25, 0.3) is 0 Å². The first-order valence-electron chi connectivity index (χ1n) is 9.30. The SMILES string of the molecule is O=C(C1CCCCC1)N1CCC[C@@H]1Cn1nnc(-c2cccnc2)n1. The van der Waals surface area contributed by atoms with Crippen LogP contribution < -0.4 is 0 Å². The zero-order valence-corrected chi connectivity index (χ0v) is 14.4. The second-order valence-corrected chi connectivity index (χ2v) is 7.07. The summed E-state index contributed by atoms with van der Waals surface area (Å²) in [6.45, 7) is 1.48. The second kappa shape index (κ2) is 7.29. The first-order valence-corrected chi connectivity index (χ1v) is 9.30. The number of pyridine rings is 1. The Kier molecular flexibility index (Phi) is 4.72. The van der Waals surface area contributed by atoms with Crippen LogP contribution in [-0.4, -0.2) is 48.6 Å². The minimum atomic E-state index is 0.186. The van der Waals surface area contributed by atoms with E-state index in [1.165, 1.54) is 19.3 Å². The zero-order chi connectivity index (χ0) is 17.1. The molecule has 0 radical (unpaired) electrons. The van der Waals surface area contributed by atoms with E-state index in [2.05, 4.69) is 25.3 Å². The molecule has 25 heavy (non-hydrogen) atoms. The number of rotatable bonds is 4. The van der Waals surface area contributed by atoms with Gasteiger partial charge in [-0.15, -0.1) is 10.2 Å². The topological polar surface area (TPSA) is 76.8 Å². The molecule has 0 bridgehead atoms.